The summed E-state index contributed by atoms with van der Waals surface area (Å²) in [5.41, 5.74) is 13.5. The number of benzene rings is 3. The van der Waals surface area contributed by atoms with E-state index in [4.69, 9.17) is 0 Å². The van der Waals surface area contributed by atoms with Gasteiger partial charge in [0.25, 0.3) is 0 Å². The van der Waals surface area contributed by atoms with Crippen molar-refractivity contribution in [1.29, 1.82) is 0 Å². The number of allylic oxidation sites excluding steroid dienone is 2. The fraction of sp³-hybridized carbons (Fsp3) is 0.148. The summed E-state index contributed by atoms with van der Waals surface area (Å²) in [5, 5.41) is 0. The van der Waals surface area contributed by atoms with E-state index >= 15 is 0 Å². The first-order valence-electron chi connectivity index (χ1n) is 9.96. The summed E-state index contributed by atoms with van der Waals surface area (Å²) in [4.78, 5) is 0. The Hall–Kier alpha value is -1.02. The van der Waals surface area contributed by atoms with Crippen molar-refractivity contribution in [3.63, 3.8) is 0 Å². The Balaban J connectivity index is 0.00000128. The molecule has 0 amide bonds. The van der Waals surface area contributed by atoms with Gasteiger partial charge in [0.1, 0.15) is 0 Å². The third kappa shape index (κ3) is 5.37. The largest absolute Gasteiger partial charge is 4.00 e. The second kappa shape index (κ2) is 12.4. The van der Waals surface area contributed by atoms with E-state index < -0.39 is 8.41 Å². The number of rotatable bonds is 3. The Kier molecular flexibility index (Phi) is 11.3. The molecule has 2 unspecified atom stereocenters. The van der Waals surface area contributed by atoms with E-state index in [9.17, 15) is 0 Å². The second-order valence-corrected chi connectivity index (χ2v) is 10.1. The molecule has 0 aliphatic heterocycles. The first-order chi connectivity index (χ1) is 13.7. The van der Waals surface area contributed by atoms with Crippen LogP contribution in [-0.4, -0.2) is 14.1 Å². The van der Waals surface area contributed by atoms with Crippen LogP contribution in [0.1, 0.15) is 50.8 Å². The first kappa shape index (κ1) is 29.0. The maximum atomic E-state index is 3.81. The molecule has 160 valence electrons. The van der Waals surface area contributed by atoms with Crippen molar-refractivity contribution in [3.8, 4) is 0 Å². The monoisotopic (exact) mass is 570 g/mol. The molecule has 0 fully saturated rings. The van der Waals surface area contributed by atoms with Gasteiger partial charge in [0.15, 0.2) is 0 Å². The molecule has 0 radical (unpaired) electrons. The van der Waals surface area contributed by atoms with E-state index in [2.05, 4.69) is 110 Å². The average Bonchev–Trinajstić information content (AvgIpc) is 3.32. The zero-order valence-corrected chi connectivity index (χ0v) is 23.7. The van der Waals surface area contributed by atoms with Gasteiger partial charge in [-0.05, 0) is 28.2 Å². The van der Waals surface area contributed by atoms with Crippen LogP contribution in [0.2, 0.25) is 13.1 Å². The minimum absolute atomic E-state index is 0. The summed E-state index contributed by atoms with van der Waals surface area (Å²) in [7, 11) is -0.606. The number of fused-ring (bicyclic) bond motifs is 2. The Morgan fingerprint density at radius 3 is 1.72 bits per heavy atom. The molecule has 0 heterocycles. The maximum Gasteiger partial charge on any atom is 4.00 e. The molecule has 0 aromatic heterocycles. The molecule has 0 N–H and O–H groups in total. The third-order valence-corrected chi connectivity index (χ3v) is 6.54. The summed E-state index contributed by atoms with van der Waals surface area (Å²) in [6, 6.07) is 24.4. The van der Waals surface area contributed by atoms with Crippen molar-refractivity contribution in [2.24, 2.45) is 0 Å². The zero-order chi connectivity index (χ0) is 19.1. The molecule has 0 saturated carbocycles. The van der Waals surface area contributed by atoms with E-state index in [1.165, 1.54) is 38.9 Å². The smallest absolute Gasteiger partial charge is 1.00 e. The predicted molar refractivity (Wildman–Crippen MR) is 123 cm³/mol. The van der Waals surface area contributed by atoms with Crippen LogP contribution in [0, 0.1) is 0 Å². The van der Waals surface area contributed by atoms with Crippen LogP contribution in [0.15, 0.2) is 78.9 Å². The van der Waals surface area contributed by atoms with Crippen molar-refractivity contribution in [2.45, 2.75) is 24.9 Å². The summed E-state index contributed by atoms with van der Waals surface area (Å²) in [6.07, 6.45) is 9.29. The van der Waals surface area contributed by atoms with Crippen molar-refractivity contribution in [3.05, 3.63) is 118 Å². The van der Waals surface area contributed by atoms with Crippen LogP contribution < -0.4 is 37.2 Å². The Bertz CT molecular complexity index is 1160. The average molecular weight is 573 g/mol. The van der Waals surface area contributed by atoms with Gasteiger partial charge in [-0.15, -0.1) is 11.6 Å². The van der Waals surface area contributed by atoms with Gasteiger partial charge in [-0.1, -0.05) is 106 Å². The minimum atomic E-state index is -0.606. The molecular weight excluding hydrogens is 550 g/mol. The van der Waals surface area contributed by atoms with Gasteiger partial charge in [0.2, 0.25) is 0 Å². The quantitative estimate of drug-likeness (QED) is 0.238. The first-order valence-corrected chi connectivity index (χ1v) is 12.5. The Labute approximate surface area is 230 Å². The summed E-state index contributed by atoms with van der Waals surface area (Å²) in [5.74, 6) is 0.621. The second-order valence-electron chi connectivity index (χ2n) is 7.86. The van der Waals surface area contributed by atoms with Crippen LogP contribution in [-0.2, 0) is 26.2 Å². The molecule has 5 rings (SSSR count). The predicted octanol–water partition coefficient (Wildman–Crippen LogP) is -2.62. The molecular formula is C27H23Cl3SiZr. The van der Waals surface area contributed by atoms with Gasteiger partial charge in [-0.3, -0.25) is 0 Å². The van der Waals surface area contributed by atoms with E-state index in [0.717, 1.165) is 0 Å². The number of halogens is 3. The van der Waals surface area contributed by atoms with Gasteiger partial charge in [0, 0.05) is 5.92 Å². The molecule has 0 saturated heterocycles. The van der Waals surface area contributed by atoms with Crippen molar-refractivity contribution in [1.82, 2.24) is 0 Å². The molecule has 3 aromatic carbocycles. The molecule has 32 heavy (non-hydrogen) atoms. The molecule has 0 bridgehead atoms. The standard InChI is InChI=1S/C27H23Si.3ClH.Zr/c1-28(2)18-21-10-7-13-25(24-16-14-19-8-3-5-11-22(19)24)27(21)26-17-15-20-9-4-6-12-23(20)26;;;;/h3-17,24,26H,1-2H3;3*1H;/q-1;;;;+4/p-3. The molecule has 2 aliphatic rings. The van der Waals surface area contributed by atoms with Crippen molar-refractivity contribution >= 4 is 26.2 Å². The SMILES string of the molecule is C[Si](C)=[C-]c1cccc(C2C=Cc3ccccc32)c1C1C=Cc2ccccc21.[Cl-].[Cl-].[Cl-].[Zr+4]. The van der Waals surface area contributed by atoms with Crippen LogP contribution in [0.5, 0.6) is 0 Å². The molecule has 0 spiro atoms. The Morgan fingerprint density at radius 2 is 1.12 bits per heavy atom. The van der Waals surface area contributed by atoms with Crippen LogP contribution in [0.4, 0.5) is 0 Å². The van der Waals surface area contributed by atoms with Crippen molar-refractivity contribution < 1.29 is 63.4 Å². The molecule has 3 aromatic rings. The van der Waals surface area contributed by atoms with Gasteiger partial charge >= 0.3 is 26.2 Å². The normalized spacial score (nSPS) is 16.4. The molecule has 2 aliphatic carbocycles. The topological polar surface area (TPSA) is 0 Å². The minimum Gasteiger partial charge on any atom is -1.00 e. The maximum absolute atomic E-state index is 3.81. The molecule has 2 atom stereocenters. The van der Waals surface area contributed by atoms with Gasteiger partial charge in [0.05, 0.1) is 0 Å². The third-order valence-electron chi connectivity index (χ3n) is 5.77. The summed E-state index contributed by atoms with van der Waals surface area (Å²) in [6.45, 7) is 4.62. The van der Waals surface area contributed by atoms with E-state index in [0.29, 0.717) is 11.8 Å². The summed E-state index contributed by atoms with van der Waals surface area (Å²) >= 11 is 0. The van der Waals surface area contributed by atoms with E-state index in [-0.39, 0.29) is 63.4 Å². The van der Waals surface area contributed by atoms with E-state index in [1.54, 1.807) is 0 Å². The van der Waals surface area contributed by atoms with Gasteiger partial charge < -0.3 is 37.2 Å². The Morgan fingerprint density at radius 1 is 0.625 bits per heavy atom. The van der Waals surface area contributed by atoms with Crippen LogP contribution in [0.3, 0.4) is 0 Å². The van der Waals surface area contributed by atoms with Crippen LogP contribution in [0.25, 0.3) is 12.2 Å². The van der Waals surface area contributed by atoms with Gasteiger partial charge in [-0.25, -0.2) is 0 Å². The zero-order valence-electron chi connectivity index (χ0n) is 17.9. The van der Waals surface area contributed by atoms with Crippen molar-refractivity contribution in [2.75, 3.05) is 0 Å². The van der Waals surface area contributed by atoms with Crippen LogP contribution >= 0.6 is 0 Å². The fourth-order valence-corrected chi connectivity index (χ4v) is 5.36. The van der Waals surface area contributed by atoms with E-state index in [1.807, 2.05) is 0 Å². The summed E-state index contributed by atoms with van der Waals surface area (Å²) < 4.78 is 0. The molecule has 0 nitrogen and oxygen atoms in total. The van der Waals surface area contributed by atoms with Gasteiger partial charge in [-0.2, -0.15) is 17.3 Å². The number of hydrogen-bond acceptors (Lipinski definition) is 0. The number of hydrogen-bond donors (Lipinski definition) is 0. The molecule has 5 heteroatoms. The fourth-order valence-electron chi connectivity index (χ4n) is 4.60.